The molecule has 3 heterocycles. The van der Waals surface area contributed by atoms with Gasteiger partial charge in [0.2, 0.25) is 5.91 Å². The second-order valence-electron chi connectivity index (χ2n) is 10.8. The molecule has 0 bridgehead atoms. The molecule has 0 unspecified atom stereocenters. The van der Waals surface area contributed by atoms with E-state index in [0.717, 1.165) is 38.3 Å². The van der Waals surface area contributed by atoms with Crippen LogP contribution in [0, 0.1) is 11.8 Å². The van der Waals surface area contributed by atoms with Gasteiger partial charge in [0.1, 0.15) is 0 Å². The van der Waals surface area contributed by atoms with Crippen molar-refractivity contribution in [2.45, 2.75) is 70.9 Å². The summed E-state index contributed by atoms with van der Waals surface area (Å²) in [6.07, 6.45) is 5.30. The largest absolute Gasteiger partial charge is 0.343 e. The summed E-state index contributed by atoms with van der Waals surface area (Å²) in [7, 11) is 2.21. The number of hydrogen-bond acceptors (Lipinski definition) is 4. The van der Waals surface area contributed by atoms with E-state index in [1.165, 1.54) is 45.6 Å². The molecular formula is C22H42N4O. The summed E-state index contributed by atoms with van der Waals surface area (Å²) in [5.41, 5.74) is 0.254. The standard InChI is InChI=1S/C22H42N4O/c1-21(2)15-19(16-22(3,4)23-21)14-20(27)26-8-6-18(7-9-26)17-25-12-10-24(5)11-13-25/h18-19,23H,6-17H2,1-5H3. The average Bonchev–Trinajstić information content (AvgIpc) is 2.54. The van der Waals surface area contributed by atoms with Crippen molar-refractivity contribution < 1.29 is 4.79 Å². The van der Waals surface area contributed by atoms with Crippen molar-refractivity contribution in [1.82, 2.24) is 20.0 Å². The second-order valence-corrected chi connectivity index (χ2v) is 10.8. The molecule has 0 radical (unpaired) electrons. The first-order valence-corrected chi connectivity index (χ1v) is 11.1. The highest BCUT2D eigenvalue weighted by Gasteiger charge is 2.39. The summed E-state index contributed by atoms with van der Waals surface area (Å²) in [6, 6.07) is 0. The maximum Gasteiger partial charge on any atom is 0.222 e. The SMILES string of the molecule is CN1CCN(CC2CCN(C(=O)CC3CC(C)(C)NC(C)(C)C3)CC2)CC1. The second kappa shape index (κ2) is 8.38. The Hall–Kier alpha value is -0.650. The van der Waals surface area contributed by atoms with Crippen LogP contribution in [0.4, 0.5) is 0 Å². The van der Waals surface area contributed by atoms with E-state index in [1.807, 2.05) is 0 Å². The Morgan fingerprint density at radius 2 is 1.44 bits per heavy atom. The number of likely N-dealkylation sites (tertiary alicyclic amines) is 1. The first kappa shape index (κ1) is 21.1. The molecule has 3 fully saturated rings. The Bertz CT molecular complexity index is 486. The fourth-order valence-electron chi connectivity index (χ4n) is 5.81. The molecule has 0 spiro atoms. The van der Waals surface area contributed by atoms with Crippen LogP contribution in [0.1, 0.15) is 59.8 Å². The highest BCUT2D eigenvalue weighted by Crippen LogP contribution is 2.35. The van der Waals surface area contributed by atoms with Crippen LogP contribution in [-0.4, -0.2) is 84.5 Å². The number of nitrogens with zero attached hydrogens (tertiary/aromatic N) is 3. The first-order valence-electron chi connectivity index (χ1n) is 11.1. The minimum Gasteiger partial charge on any atom is -0.343 e. The topological polar surface area (TPSA) is 38.8 Å². The van der Waals surface area contributed by atoms with Crippen LogP contribution in [0.3, 0.4) is 0 Å². The summed E-state index contributed by atoms with van der Waals surface area (Å²) < 4.78 is 0. The molecule has 3 saturated heterocycles. The molecule has 3 aliphatic heterocycles. The summed E-state index contributed by atoms with van der Waals surface area (Å²) in [5.74, 6) is 1.67. The quantitative estimate of drug-likeness (QED) is 0.815. The van der Waals surface area contributed by atoms with Gasteiger partial charge in [-0.1, -0.05) is 0 Å². The van der Waals surface area contributed by atoms with Gasteiger partial charge in [-0.3, -0.25) is 4.79 Å². The summed E-state index contributed by atoms with van der Waals surface area (Å²) in [4.78, 5) is 20.1. The minimum absolute atomic E-state index is 0.127. The molecule has 3 rings (SSSR count). The van der Waals surface area contributed by atoms with E-state index in [2.05, 4.69) is 54.8 Å². The van der Waals surface area contributed by atoms with Crippen molar-refractivity contribution in [1.29, 1.82) is 0 Å². The lowest BCUT2D eigenvalue weighted by Crippen LogP contribution is -2.58. The summed E-state index contributed by atoms with van der Waals surface area (Å²) in [6.45, 7) is 17.1. The van der Waals surface area contributed by atoms with E-state index in [-0.39, 0.29) is 11.1 Å². The van der Waals surface area contributed by atoms with Crippen molar-refractivity contribution in [2.24, 2.45) is 11.8 Å². The molecule has 1 N–H and O–H groups in total. The van der Waals surface area contributed by atoms with E-state index < -0.39 is 0 Å². The van der Waals surface area contributed by atoms with Gasteiger partial charge in [0.25, 0.3) is 0 Å². The minimum atomic E-state index is 0.127. The molecule has 27 heavy (non-hydrogen) atoms. The zero-order valence-electron chi connectivity index (χ0n) is 18.4. The molecule has 0 aliphatic carbocycles. The van der Waals surface area contributed by atoms with Crippen LogP contribution in [0.2, 0.25) is 0 Å². The Balaban J connectivity index is 1.42. The van der Waals surface area contributed by atoms with E-state index in [9.17, 15) is 4.79 Å². The Morgan fingerprint density at radius 3 is 2.00 bits per heavy atom. The molecule has 0 aromatic heterocycles. The molecule has 5 nitrogen and oxygen atoms in total. The van der Waals surface area contributed by atoms with Crippen molar-refractivity contribution in [3.63, 3.8) is 0 Å². The van der Waals surface area contributed by atoms with Crippen molar-refractivity contribution in [3.05, 3.63) is 0 Å². The fourth-order valence-corrected chi connectivity index (χ4v) is 5.81. The third-order valence-corrected chi connectivity index (χ3v) is 6.82. The molecule has 0 atom stereocenters. The van der Waals surface area contributed by atoms with Gasteiger partial charge >= 0.3 is 0 Å². The van der Waals surface area contributed by atoms with Crippen molar-refractivity contribution in [2.75, 3.05) is 52.9 Å². The van der Waals surface area contributed by atoms with E-state index in [0.29, 0.717) is 11.8 Å². The number of piperazine rings is 1. The molecule has 156 valence electrons. The molecule has 5 heteroatoms. The van der Waals surface area contributed by atoms with Crippen molar-refractivity contribution >= 4 is 5.91 Å². The van der Waals surface area contributed by atoms with Gasteiger partial charge in [-0.2, -0.15) is 0 Å². The zero-order valence-corrected chi connectivity index (χ0v) is 18.4. The summed E-state index contributed by atoms with van der Waals surface area (Å²) in [5, 5.41) is 3.73. The van der Waals surface area contributed by atoms with Crippen LogP contribution in [0.15, 0.2) is 0 Å². The summed E-state index contributed by atoms with van der Waals surface area (Å²) >= 11 is 0. The van der Waals surface area contributed by atoms with Gasteiger partial charge in [0.15, 0.2) is 0 Å². The highest BCUT2D eigenvalue weighted by molar-refractivity contribution is 5.76. The van der Waals surface area contributed by atoms with Gasteiger partial charge in [-0.25, -0.2) is 0 Å². The smallest absolute Gasteiger partial charge is 0.222 e. The first-order chi connectivity index (χ1) is 12.6. The number of amides is 1. The van der Waals surface area contributed by atoms with Gasteiger partial charge in [0.05, 0.1) is 0 Å². The van der Waals surface area contributed by atoms with Crippen molar-refractivity contribution in [3.8, 4) is 0 Å². The molecular weight excluding hydrogens is 336 g/mol. The number of nitrogens with one attached hydrogen (secondary N) is 1. The number of piperidine rings is 2. The van der Waals surface area contributed by atoms with E-state index >= 15 is 0 Å². The number of hydrogen-bond donors (Lipinski definition) is 1. The number of likely N-dealkylation sites (N-methyl/N-ethyl adjacent to an activating group) is 1. The van der Waals surface area contributed by atoms with Gasteiger partial charge in [-0.05, 0) is 72.3 Å². The van der Waals surface area contributed by atoms with Crippen LogP contribution in [0.25, 0.3) is 0 Å². The molecule has 0 saturated carbocycles. The third kappa shape index (κ3) is 6.16. The van der Waals surface area contributed by atoms with Crippen LogP contribution < -0.4 is 5.32 Å². The van der Waals surface area contributed by atoms with Gasteiger partial charge in [-0.15, -0.1) is 0 Å². The van der Waals surface area contributed by atoms with E-state index in [1.54, 1.807) is 0 Å². The molecule has 0 aromatic carbocycles. The Kier molecular flexibility index (Phi) is 6.54. The average molecular weight is 379 g/mol. The zero-order chi connectivity index (χ0) is 19.7. The molecule has 1 amide bonds. The third-order valence-electron chi connectivity index (χ3n) is 6.82. The van der Waals surface area contributed by atoms with Crippen LogP contribution in [-0.2, 0) is 4.79 Å². The lowest BCUT2D eigenvalue weighted by Gasteiger charge is -2.47. The predicted octanol–water partition coefficient (Wildman–Crippen LogP) is 2.42. The number of carbonyl (C=O) groups excluding carboxylic acids is 1. The van der Waals surface area contributed by atoms with E-state index in [4.69, 9.17) is 0 Å². The van der Waals surface area contributed by atoms with Crippen LogP contribution in [0.5, 0.6) is 0 Å². The molecule has 3 aliphatic rings. The van der Waals surface area contributed by atoms with Gasteiger partial charge in [0, 0.05) is 63.3 Å². The van der Waals surface area contributed by atoms with Gasteiger partial charge < -0.3 is 20.0 Å². The number of rotatable bonds is 4. The predicted molar refractivity (Wildman–Crippen MR) is 112 cm³/mol. The highest BCUT2D eigenvalue weighted by atomic mass is 16.2. The lowest BCUT2D eigenvalue weighted by molar-refractivity contribution is -0.134. The fraction of sp³-hybridized carbons (Fsp3) is 0.955. The maximum absolute atomic E-state index is 12.9. The maximum atomic E-state index is 12.9. The Morgan fingerprint density at radius 1 is 0.889 bits per heavy atom. The molecule has 0 aromatic rings. The Labute approximate surface area is 166 Å². The number of carbonyl (C=O) groups is 1. The lowest BCUT2D eigenvalue weighted by atomic mass is 9.74. The van der Waals surface area contributed by atoms with Crippen LogP contribution >= 0.6 is 0 Å². The normalized spacial score (nSPS) is 28.4. The monoisotopic (exact) mass is 378 g/mol.